The quantitative estimate of drug-likeness (QED) is 0.491. The van der Waals surface area contributed by atoms with Crippen LogP contribution in [0.5, 0.6) is 0 Å². The Balaban J connectivity index is 3.82. The van der Waals surface area contributed by atoms with E-state index in [1.54, 1.807) is 13.8 Å². The van der Waals surface area contributed by atoms with E-state index in [0.717, 1.165) is 0 Å². The lowest BCUT2D eigenvalue weighted by Crippen LogP contribution is -2.40. The minimum atomic E-state index is -0.788. The lowest BCUT2D eigenvalue weighted by molar-refractivity contribution is -0.150. The lowest BCUT2D eigenvalue weighted by atomic mass is 9.94. The number of hydrogen-bond acceptors (Lipinski definition) is 5. The van der Waals surface area contributed by atoms with E-state index >= 15 is 0 Å². The summed E-state index contributed by atoms with van der Waals surface area (Å²) < 4.78 is 4.61. The van der Waals surface area contributed by atoms with Gasteiger partial charge in [0.1, 0.15) is 0 Å². The summed E-state index contributed by atoms with van der Waals surface area (Å²) in [4.78, 5) is 11.2. The van der Waals surface area contributed by atoms with Crippen molar-refractivity contribution < 1.29 is 19.7 Å². The Morgan fingerprint density at radius 1 is 1.57 bits per heavy atom. The van der Waals surface area contributed by atoms with E-state index in [1.165, 1.54) is 7.11 Å². The van der Waals surface area contributed by atoms with Crippen molar-refractivity contribution >= 4 is 5.97 Å². The molecule has 0 aromatic rings. The molecule has 1 atom stereocenters. The molecule has 0 fully saturated rings. The fourth-order valence-corrected chi connectivity index (χ4v) is 0.964. The van der Waals surface area contributed by atoms with Gasteiger partial charge in [-0.15, -0.1) is 0 Å². The largest absolute Gasteiger partial charge is 0.469 e. The highest BCUT2D eigenvalue weighted by Gasteiger charge is 2.28. The second-order valence-corrected chi connectivity index (χ2v) is 3.84. The van der Waals surface area contributed by atoms with Crippen LogP contribution in [0.15, 0.2) is 0 Å². The van der Waals surface area contributed by atoms with Crippen molar-refractivity contribution in [2.75, 3.05) is 26.8 Å². The first-order valence-corrected chi connectivity index (χ1v) is 4.52. The van der Waals surface area contributed by atoms with Crippen molar-refractivity contribution in [3.8, 4) is 0 Å². The van der Waals surface area contributed by atoms with Crippen LogP contribution in [0.25, 0.3) is 0 Å². The number of aliphatic hydroxyl groups excluding tert-OH is 2. The molecule has 5 heteroatoms. The van der Waals surface area contributed by atoms with Crippen LogP contribution in [0.4, 0.5) is 0 Å². The van der Waals surface area contributed by atoms with Gasteiger partial charge < -0.3 is 20.3 Å². The second kappa shape index (κ2) is 5.95. The van der Waals surface area contributed by atoms with Gasteiger partial charge in [-0.05, 0) is 13.8 Å². The highest BCUT2D eigenvalue weighted by atomic mass is 16.5. The first-order chi connectivity index (χ1) is 6.44. The average Bonchev–Trinajstić information content (AvgIpc) is 2.15. The fraction of sp³-hybridized carbons (Fsp3) is 0.889. The molecule has 0 saturated heterocycles. The van der Waals surface area contributed by atoms with Gasteiger partial charge in [0.15, 0.2) is 0 Å². The molecule has 1 unspecified atom stereocenters. The molecule has 0 aliphatic rings. The molecule has 0 saturated carbocycles. The van der Waals surface area contributed by atoms with E-state index in [9.17, 15) is 4.79 Å². The molecule has 14 heavy (non-hydrogen) atoms. The maximum absolute atomic E-state index is 11.2. The van der Waals surface area contributed by atoms with Crippen LogP contribution in [0.2, 0.25) is 0 Å². The van der Waals surface area contributed by atoms with E-state index in [2.05, 4.69) is 10.1 Å². The Bertz CT molecular complexity index is 182. The summed E-state index contributed by atoms with van der Waals surface area (Å²) in [6.45, 7) is 3.87. The molecule has 0 bridgehead atoms. The number of carbonyl (C=O) groups excluding carboxylic acids is 1. The van der Waals surface area contributed by atoms with Crippen LogP contribution >= 0.6 is 0 Å². The Morgan fingerprint density at radius 3 is 2.57 bits per heavy atom. The molecule has 0 aromatic carbocycles. The summed E-state index contributed by atoms with van der Waals surface area (Å²) in [6, 6.07) is 0. The summed E-state index contributed by atoms with van der Waals surface area (Å²) >= 11 is 0. The van der Waals surface area contributed by atoms with Crippen molar-refractivity contribution in [2.24, 2.45) is 5.41 Å². The highest BCUT2D eigenvalue weighted by molar-refractivity contribution is 5.76. The van der Waals surface area contributed by atoms with E-state index in [1.807, 2.05) is 0 Å². The van der Waals surface area contributed by atoms with Crippen molar-refractivity contribution in [2.45, 2.75) is 20.0 Å². The molecule has 0 heterocycles. The Hall–Kier alpha value is -0.650. The molecule has 0 spiro atoms. The van der Waals surface area contributed by atoms with E-state index in [0.29, 0.717) is 6.54 Å². The van der Waals surface area contributed by atoms with Crippen LogP contribution in [0, 0.1) is 5.41 Å². The van der Waals surface area contributed by atoms with Gasteiger partial charge in [-0.1, -0.05) is 0 Å². The van der Waals surface area contributed by atoms with Crippen molar-refractivity contribution in [1.29, 1.82) is 0 Å². The minimum absolute atomic E-state index is 0.261. The molecule has 0 amide bonds. The zero-order chi connectivity index (χ0) is 11.2. The number of nitrogens with one attached hydrogen (secondary N) is 1. The van der Waals surface area contributed by atoms with Gasteiger partial charge in [0.25, 0.3) is 0 Å². The number of carbonyl (C=O) groups is 1. The molecule has 0 radical (unpaired) electrons. The molecule has 0 aliphatic heterocycles. The zero-order valence-corrected chi connectivity index (χ0v) is 8.91. The lowest BCUT2D eigenvalue weighted by Gasteiger charge is -2.22. The van der Waals surface area contributed by atoms with Gasteiger partial charge >= 0.3 is 5.97 Å². The predicted molar refractivity (Wildman–Crippen MR) is 51.8 cm³/mol. The molecular formula is C9H19NO4. The Kier molecular flexibility index (Phi) is 5.68. The summed E-state index contributed by atoms with van der Waals surface area (Å²) in [5, 5.41) is 20.4. The Labute approximate surface area is 84.1 Å². The molecule has 0 aromatic heterocycles. The average molecular weight is 205 g/mol. The first kappa shape index (κ1) is 13.4. The van der Waals surface area contributed by atoms with Crippen LogP contribution < -0.4 is 5.32 Å². The standard InChI is InChI=1S/C9H19NO4/c1-9(2,8(13)14-3)6-10-4-7(12)5-11/h7,10-12H,4-6H2,1-3H3. The maximum atomic E-state index is 11.2. The van der Waals surface area contributed by atoms with Crippen molar-refractivity contribution in [1.82, 2.24) is 5.32 Å². The smallest absolute Gasteiger partial charge is 0.312 e. The zero-order valence-electron chi connectivity index (χ0n) is 8.91. The second-order valence-electron chi connectivity index (χ2n) is 3.84. The van der Waals surface area contributed by atoms with E-state index in [4.69, 9.17) is 10.2 Å². The SMILES string of the molecule is COC(=O)C(C)(C)CNCC(O)CO. The number of methoxy groups -OCH3 is 1. The van der Waals surface area contributed by atoms with E-state index in [-0.39, 0.29) is 19.1 Å². The monoisotopic (exact) mass is 205 g/mol. The van der Waals surface area contributed by atoms with Gasteiger partial charge in [0.05, 0.1) is 25.2 Å². The van der Waals surface area contributed by atoms with Gasteiger partial charge in [0, 0.05) is 13.1 Å². The van der Waals surface area contributed by atoms with E-state index < -0.39 is 11.5 Å². The summed E-state index contributed by atoms with van der Waals surface area (Å²) in [5.74, 6) is -0.302. The molecule has 3 N–H and O–H groups in total. The van der Waals surface area contributed by atoms with Crippen LogP contribution in [0.1, 0.15) is 13.8 Å². The van der Waals surface area contributed by atoms with Gasteiger partial charge in [-0.2, -0.15) is 0 Å². The molecule has 5 nitrogen and oxygen atoms in total. The summed E-state index contributed by atoms with van der Waals surface area (Å²) in [5.41, 5.74) is -0.621. The van der Waals surface area contributed by atoms with Gasteiger partial charge in [-0.25, -0.2) is 0 Å². The molecule has 0 rings (SSSR count). The number of ether oxygens (including phenoxy) is 1. The molecule has 0 aliphatic carbocycles. The summed E-state index contributed by atoms with van der Waals surface area (Å²) in [6.07, 6.45) is -0.788. The number of rotatable bonds is 6. The number of hydrogen-bond donors (Lipinski definition) is 3. The third-order valence-electron chi connectivity index (χ3n) is 1.90. The molecule has 84 valence electrons. The first-order valence-electron chi connectivity index (χ1n) is 4.52. The van der Waals surface area contributed by atoms with Gasteiger partial charge in [0.2, 0.25) is 0 Å². The molecular weight excluding hydrogens is 186 g/mol. The van der Waals surface area contributed by atoms with Crippen molar-refractivity contribution in [3.63, 3.8) is 0 Å². The third-order valence-corrected chi connectivity index (χ3v) is 1.90. The normalized spacial score (nSPS) is 13.8. The summed E-state index contributed by atoms with van der Waals surface area (Å²) in [7, 11) is 1.34. The Morgan fingerprint density at radius 2 is 2.14 bits per heavy atom. The van der Waals surface area contributed by atoms with Crippen molar-refractivity contribution in [3.05, 3.63) is 0 Å². The van der Waals surface area contributed by atoms with Crippen LogP contribution in [-0.4, -0.2) is 49.1 Å². The maximum Gasteiger partial charge on any atom is 0.312 e. The number of aliphatic hydroxyl groups is 2. The van der Waals surface area contributed by atoms with Crippen LogP contribution in [-0.2, 0) is 9.53 Å². The third kappa shape index (κ3) is 4.55. The minimum Gasteiger partial charge on any atom is -0.469 e. The highest BCUT2D eigenvalue weighted by Crippen LogP contribution is 2.14. The predicted octanol–water partition coefficient (Wildman–Crippen LogP) is -0.872. The fourth-order valence-electron chi connectivity index (χ4n) is 0.964. The topological polar surface area (TPSA) is 78.8 Å². The van der Waals surface area contributed by atoms with Crippen LogP contribution in [0.3, 0.4) is 0 Å². The van der Waals surface area contributed by atoms with Gasteiger partial charge in [-0.3, -0.25) is 4.79 Å². The number of esters is 1.